The van der Waals surface area contributed by atoms with E-state index in [9.17, 15) is 0 Å². The summed E-state index contributed by atoms with van der Waals surface area (Å²) in [7, 11) is 0. The number of ether oxygens (including phenoxy) is 1. The van der Waals surface area contributed by atoms with Gasteiger partial charge in [0.25, 0.3) is 0 Å². The van der Waals surface area contributed by atoms with Crippen LogP contribution in [0.25, 0.3) is 0 Å². The van der Waals surface area contributed by atoms with Crippen LogP contribution >= 0.6 is 15.9 Å². The Morgan fingerprint density at radius 3 is 2.52 bits per heavy atom. The maximum atomic E-state index is 5.73. The SMILES string of the molecule is NCCNC1(c2ccc(Oc3ccc(Br)cn3)cc2)CC1. The Bertz CT molecular complexity index is 594. The molecule has 1 aromatic carbocycles. The van der Waals surface area contributed by atoms with Gasteiger partial charge in [0, 0.05) is 35.4 Å². The van der Waals surface area contributed by atoms with Crippen LogP contribution < -0.4 is 15.8 Å². The third-order valence-electron chi connectivity index (χ3n) is 3.69. The summed E-state index contributed by atoms with van der Waals surface area (Å²) in [6.07, 6.45) is 4.06. The van der Waals surface area contributed by atoms with Crippen molar-refractivity contribution in [3.8, 4) is 11.6 Å². The van der Waals surface area contributed by atoms with Gasteiger partial charge in [-0.3, -0.25) is 0 Å². The van der Waals surface area contributed by atoms with Crippen molar-refractivity contribution in [3.63, 3.8) is 0 Å². The standard InChI is InChI=1S/C16H18BrN3O/c17-13-3-6-15(19-11-13)21-14-4-1-12(2-5-14)16(7-8-16)20-10-9-18/h1-6,11,20H,7-10,18H2. The third kappa shape index (κ3) is 3.43. The van der Waals surface area contributed by atoms with E-state index in [1.54, 1.807) is 6.20 Å². The van der Waals surface area contributed by atoms with Gasteiger partial charge in [-0.05, 0) is 52.5 Å². The van der Waals surface area contributed by atoms with E-state index >= 15 is 0 Å². The Morgan fingerprint density at radius 1 is 1.19 bits per heavy atom. The largest absolute Gasteiger partial charge is 0.439 e. The summed E-state index contributed by atoms with van der Waals surface area (Å²) in [5.41, 5.74) is 7.00. The van der Waals surface area contributed by atoms with E-state index in [0.717, 1.165) is 16.8 Å². The minimum absolute atomic E-state index is 0.133. The Morgan fingerprint density at radius 2 is 1.95 bits per heavy atom. The molecular weight excluding hydrogens is 330 g/mol. The van der Waals surface area contributed by atoms with Crippen LogP contribution in [-0.4, -0.2) is 18.1 Å². The van der Waals surface area contributed by atoms with Crippen molar-refractivity contribution in [1.82, 2.24) is 10.3 Å². The zero-order chi connectivity index (χ0) is 14.7. The summed E-state index contributed by atoms with van der Waals surface area (Å²) >= 11 is 3.36. The molecule has 5 heteroatoms. The summed E-state index contributed by atoms with van der Waals surface area (Å²) in [5, 5.41) is 3.53. The lowest BCUT2D eigenvalue weighted by Gasteiger charge is -2.17. The molecular formula is C16H18BrN3O. The maximum absolute atomic E-state index is 5.73. The quantitative estimate of drug-likeness (QED) is 0.842. The van der Waals surface area contributed by atoms with Crippen molar-refractivity contribution < 1.29 is 4.74 Å². The number of nitrogens with one attached hydrogen (secondary N) is 1. The van der Waals surface area contributed by atoms with E-state index in [2.05, 4.69) is 38.4 Å². The average Bonchev–Trinajstić information content (AvgIpc) is 3.29. The Balaban J connectivity index is 1.68. The van der Waals surface area contributed by atoms with Gasteiger partial charge in [0.05, 0.1) is 0 Å². The first kappa shape index (κ1) is 14.5. The lowest BCUT2D eigenvalue weighted by Crippen LogP contribution is -2.33. The molecule has 1 aromatic heterocycles. The fourth-order valence-corrected chi connectivity index (χ4v) is 2.62. The van der Waals surface area contributed by atoms with Gasteiger partial charge in [-0.1, -0.05) is 12.1 Å². The second-order valence-electron chi connectivity index (χ2n) is 5.24. The number of benzene rings is 1. The second-order valence-corrected chi connectivity index (χ2v) is 6.15. The summed E-state index contributed by atoms with van der Waals surface area (Å²) < 4.78 is 6.67. The molecule has 0 radical (unpaired) electrons. The van der Waals surface area contributed by atoms with Crippen molar-refractivity contribution in [2.45, 2.75) is 18.4 Å². The zero-order valence-electron chi connectivity index (χ0n) is 11.7. The van der Waals surface area contributed by atoms with Crippen LogP contribution in [0.3, 0.4) is 0 Å². The average molecular weight is 348 g/mol. The predicted octanol–water partition coefficient (Wildman–Crippen LogP) is 3.17. The van der Waals surface area contributed by atoms with Crippen molar-refractivity contribution in [2.24, 2.45) is 5.73 Å². The molecule has 0 bridgehead atoms. The van der Waals surface area contributed by atoms with E-state index in [1.165, 1.54) is 18.4 Å². The molecule has 110 valence electrons. The molecule has 0 spiro atoms. The van der Waals surface area contributed by atoms with Crippen LogP contribution in [0.2, 0.25) is 0 Å². The Labute approximate surface area is 132 Å². The molecule has 21 heavy (non-hydrogen) atoms. The van der Waals surface area contributed by atoms with E-state index < -0.39 is 0 Å². The molecule has 2 aromatic rings. The summed E-state index contributed by atoms with van der Waals surface area (Å²) in [5.74, 6) is 1.39. The second kappa shape index (κ2) is 6.13. The Hall–Kier alpha value is -1.43. The van der Waals surface area contributed by atoms with E-state index in [4.69, 9.17) is 10.5 Å². The van der Waals surface area contributed by atoms with Gasteiger partial charge >= 0.3 is 0 Å². The van der Waals surface area contributed by atoms with Crippen LogP contribution in [0, 0.1) is 0 Å². The summed E-state index contributed by atoms with van der Waals surface area (Å²) in [4.78, 5) is 4.20. The number of rotatable bonds is 6. The van der Waals surface area contributed by atoms with E-state index in [1.807, 2.05) is 24.3 Å². The van der Waals surface area contributed by atoms with Crippen LogP contribution in [0.15, 0.2) is 47.1 Å². The number of hydrogen-bond acceptors (Lipinski definition) is 4. The topological polar surface area (TPSA) is 60.2 Å². The molecule has 1 aliphatic carbocycles. The van der Waals surface area contributed by atoms with Crippen molar-refractivity contribution in [3.05, 3.63) is 52.6 Å². The first-order valence-corrected chi connectivity index (χ1v) is 7.86. The number of aromatic nitrogens is 1. The zero-order valence-corrected chi connectivity index (χ0v) is 13.3. The molecule has 1 aliphatic rings. The van der Waals surface area contributed by atoms with Crippen LogP contribution in [0.1, 0.15) is 18.4 Å². The van der Waals surface area contributed by atoms with Gasteiger partial charge in [-0.15, -0.1) is 0 Å². The van der Waals surface area contributed by atoms with Gasteiger partial charge in [0.15, 0.2) is 0 Å². The van der Waals surface area contributed by atoms with Crippen LogP contribution in [-0.2, 0) is 5.54 Å². The minimum atomic E-state index is 0.133. The Kier molecular flexibility index (Phi) is 4.24. The van der Waals surface area contributed by atoms with E-state index in [0.29, 0.717) is 12.4 Å². The van der Waals surface area contributed by atoms with Gasteiger partial charge in [0.1, 0.15) is 5.75 Å². The molecule has 0 amide bonds. The number of hydrogen-bond donors (Lipinski definition) is 2. The lowest BCUT2D eigenvalue weighted by molar-refractivity contribution is 0.461. The highest BCUT2D eigenvalue weighted by molar-refractivity contribution is 9.10. The monoisotopic (exact) mass is 347 g/mol. The first-order chi connectivity index (χ1) is 10.2. The van der Waals surface area contributed by atoms with Gasteiger partial charge in [-0.2, -0.15) is 0 Å². The van der Waals surface area contributed by atoms with Gasteiger partial charge in [-0.25, -0.2) is 4.98 Å². The molecule has 0 aliphatic heterocycles. The normalized spacial score (nSPS) is 15.7. The molecule has 3 N–H and O–H groups in total. The maximum Gasteiger partial charge on any atom is 0.219 e. The number of halogens is 1. The minimum Gasteiger partial charge on any atom is -0.439 e. The van der Waals surface area contributed by atoms with Crippen LogP contribution in [0.4, 0.5) is 0 Å². The smallest absolute Gasteiger partial charge is 0.219 e. The van der Waals surface area contributed by atoms with Crippen LogP contribution in [0.5, 0.6) is 11.6 Å². The molecule has 0 unspecified atom stereocenters. The van der Waals surface area contributed by atoms with Crippen molar-refractivity contribution >= 4 is 15.9 Å². The fourth-order valence-electron chi connectivity index (χ4n) is 2.39. The van der Waals surface area contributed by atoms with Gasteiger partial charge < -0.3 is 15.8 Å². The highest BCUT2D eigenvalue weighted by Crippen LogP contribution is 2.45. The lowest BCUT2D eigenvalue weighted by atomic mass is 10.0. The fraction of sp³-hybridized carbons (Fsp3) is 0.312. The molecule has 0 atom stereocenters. The molecule has 1 heterocycles. The number of pyridine rings is 1. The van der Waals surface area contributed by atoms with Gasteiger partial charge in [0.2, 0.25) is 5.88 Å². The van der Waals surface area contributed by atoms with Crippen molar-refractivity contribution in [1.29, 1.82) is 0 Å². The molecule has 0 saturated heterocycles. The third-order valence-corrected chi connectivity index (χ3v) is 4.16. The van der Waals surface area contributed by atoms with E-state index in [-0.39, 0.29) is 5.54 Å². The molecule has 3 rings (SSSR count). The first-order valence-electron chi connectivity index (χ1n) is 7.07. The number of nitrogens with two attached hydrogens (primary N) is 1. The summed E-state index contributed by atoms with van der Waals surface area (Å²) in [6.45, 7) is 1.51. The highest BCUT2D eigenvalue weighted by Gasteiger charge is 2.43. The predicted molar refractivity (Wildman–Crippen MR) is 86.4 cm³/mol. The van der Waals surface area contributed by atoms with Crippen molar-refractivity contribution in [2.75, 3.05) is 13.1 Å². The molecule has 1 saturated carbocycles. The highest BCUT2D eigenvalue weighted by atomic mass is 79.9. The number of nitrogens with zero attached hydrogens (tertiary/aromatic N) is 1. The molecule has 1 fully saturated rings. The molecule has 4 nitrogen and oxygen atoms in total. The summed E-state index contributed by atoms with van der Waals surface area (Å²) in [6, 6.07) is 12.0.